The topological polar surface area (TPSA) is 54.7 Å². The van der Waals surface area contributed by atoms with Crippen molar-refractivity contribution in [3.05, 3.63) is 29.1 Å². The van der Waals surface area contributed by atoms with E-state index in [0.717, 1.165) is 44.7 Å². The van der Waals surface area contributed by atoms with Crippen molar-refractivity contribution in [3.8, 4) is 0 Å². The summed E-state index contributed by atoms with van der Waals surface area (Å²) in [5, 5.41) is 3.83. The van der Waals surface area contributed by atoms with Crippen molar-refractivity contribution in [2.24, 2.45) is 17.8 Å². The van der Waals surface area contributed by atoms with Gasteiger partial charge in [-0.2, -0.15) is 13.2 Å². The average molecular weight is 455 g/mol. The fourth-order valence-corrected chi connectivity index (χ4v) is 6.17. The van der Waals surface area contributed by atoms with Crippen molar-refractivity contribution in [1.29, 1.82) is 0 Å². The van der Waals surface area contributed by atoms with Gasteiger partial charge in [-0.3, -0.25) is 9.63 Å². The number of hydrogen-bond acceptors (Lipinski definition) is 4. The second-order valence-electron chi connectivity index (χ2n) is 9.75. The quantitative estimate of drug-likeness (QED) is 0.709. The van der Waals surface area contributed by atoms with E-state index in [2.05, 4.69) is 5.32 Å². The molecule has 2 saturated carbocycles. The zero-order valence-corrected chi connectivity index (χ0v) is 18.4. The summed E-state index contributed by atoms with van der Waals surface area (Å²) in [6.07, 6.45) is 2.03. The van der Waals surface area contributed by atoms with Crippen LogP contribution in [-0.2, 0) is 28.7 Å². The Hall–Kier alpha value is -1.87. The summed E-state index contributed by atoms with van der Waals surface area (Å²) in [4.78, 5) is 20.1. The molecule has 1 N–H and O–H groups in total. The Bertz CT molecular complexity index is 862. The summed E-state index contributed by atoms with van der Waals surface area (Å²) in [5.74, 6) is 1.16. The number of fused-ring (bicyclic) bond motifs is 3. The summed E-state index contributed by atoms with van der Waals surface area (Å²) >= 11 is 0. The van der Waals surface area contributed by atoms with Gasteiger partial charge in [-0.15, -0.1) is 0 Å². The number of rotatable bonds is 4. The SMILES string of the molecule is CO[n+]1cc(C(F)(F)F)cc2c1CCN(C(=O)C1CCC(NC3C4CCC3COC4)C1)C2. The van der Waals surface area contributed by atoms with Crippen LogP contribution in [0.5, 0.6) is 0 Å². The van der Waals surface area contributed by atoms with Gasteiger partial charge in [-0.05, 0) is 50.0 Å². The average Bonchev–Trinajstić information content (AvgIpc) is 3.31. The first-order chi connectivity index (χ1) is 15.3. The lowest BCUT2D eigenvalue weighted by Gasteiger charge is -2.33. The smallest absolute Gasteiger partial charge is 0.381 e. The van der Waals surface area contributed by atoms with Gasteiger partial charge >= 0.3 is 6.18 Å². The van der Waals surface area contributed by atoms with Gasteiger partial charge in [0.2, 0.25) is 17.8 Å². The molecule has 176 valence electrons. The van der Waals surface area contributed by atoms with Crippen molar-refractivity contribution in [2.75, 3.05) is 26.9 Å². The second kappa shape index (κ2) is 8.48. The standard InChI is InChI=1S/C23H31F3N3O3/c1-31-29-11-18(23(24,25)26)8-17-10-28(7-6-20(17)29)22(30)14-4-5-19(9-14)27-21-15-2-3-16(21)13-32-12-15/h8,11,14-16,19,21,27H,2-7,9-10,12-13H2,1H3/q+1. The van der Waals surface area contributed by atoms with Crippen LogP contribution in [0.4, 0.5) is 13.2 Å². The normalized spacial score (nSPS) is 32.1. The number of alkyl halides is 3. The monoisotopic (exact) mass is 454 g/mol. The molecular formula is C23H31F3N3O3+. The third-order valence-corrected chi connectivity index (χ3v) is 7.84. The van der Waals surface area contributed by atoms with Crippen LogP contribution in [0.3, 0.4) is 0 Å². The molecule has 2 bridgehead atoms. The molecular weight excluding hydrogens is 423 g/mol. The number of hydrogen-bond donors (Lipinski definition) is 1. The highest BCUT2D eigenvalue weighted by atomic mass is 19.4. The molecule has 0 aromatic carbocycles. The first kappa shape index (κ1) is 21.9. The minimum Gasteiger partial charge on any atom is -0.381 e. The highest BCUT2D eigenvalue weighted by Gasteiger charge is 2.43. The highest BCUT2D eigenvalue weighted by molar-refractivity contribution is 5.79. The van der Waals surface area contributed by atoms with Gasteiger partial charge in [0.15, 0.2) is 0 Å². The first-order valence-corrected chi connectivity index (χ1v) is 11.6. The third-order valence-electron chi connectivity index (χ3n) is 7.84. The number of nitrogens with one attached hydrogen (secondary N) is 1. The summed E-state index contributed by atoms with van der Waals surface area (Å²) in [5.41, 5.74) is 0.446. The van der Waals surface area contributed by atoms with E-state index in [1.54, 1.807) is 4.90 Å². The Morgan fingerprint density at radius 3 is 2.66 bits per heavy atom. The molecule has 1 aromatic rings. The van der Waals surface area contributed by atoms with Crippen LogP contribution in [-0.4, -0.2) is 49.8 Å². The zero-order chi connectivity index (χ0) is 22.5. The number of amides is 1. The largest absolute Gasteiger partial charge is 0.422 e. The molecule has 1 saturated heterocycles. The predicted molar refractivity (Wildman–Crippen MR) is 108 cm³/mol. The van der Waals surface area contributed by atoms with Gasteiger partial charge in [-0.1, -0.05) is 0 Å². The molecule has 4 unspecified atom stereocenters. The Kier molecular flexibility index (Phi) is 5.82. The van der Waals surface area contributed by atoms with E-state index in [9.17, 15) is 18.0 Å². The lowest BCUT2D eigenvalue weighted by atomic mass is 9.95. The first-order valence-electron chi connectivity index (χ1n) is 11.6. The van der Waals surface area contributed by atoms with E-state index in [0.29, 0.717) is 48.1 Å². The van der Waals surface area contributed by atoms with Gasteiger partial charge in [0, 0.05) is 34.8 Å². The summed E-state index contributed by atoms with van der Waals surface area (Å²) in [6.45, 7) is 2.36. The van der Waals surface area contributed by atoms with Crippen LogP contribution in [0.25, 0.3) is 0 Å². The lowest BCUT2D eigenvalue weighted by Crippen LogP contribution is -2.51. The highest BCUT2D eigenvalue weighted by Crippen LogP contribution is 2.38. The van der Waals surface area contributed by atoms with Crippen molar-refractivity contribution in [2.45, 2.75) is 63.3 Å². The fraction of sp³-hybridized carbons (Fsp3) is 0.739. The van der Waals surface area contributed by atoms with E-state index in [4.69, 9.17) is 9.57 Å². The van der Waals surface area contributed by atoms with E-state index >= 15 is 0 Å². The molecule has 32 heavy (non-hydrogen) atoms. The predicted octanol–water partition coefficient (Wildman–Crippen LogP) is 2.12. The van der Waals surface area contributed by atoms with E-state index in [1.807, 2.05) is 0 Å². The fourth-order valence-electron chi connectivity index (χ4n) is 6.17. The van der Waals surface area contributed by atoms with Crippen molar-refractivity contribution < 1.29 is 32.3 Å². The third kappa shape index (κ3) is 4.09. The molecule has 2 aliphatic carbocycles. The Labute approximate surface area is 186 Å². The molecule has 0 spiro atoms. The molecule has 0 radical (unpaired) electrons. The summed E-state index contributed by atoms with van der Waals surface area (Å²) < 4.78 is 46.8. The number of halogens is 3. The second-order valence-corrected chi connectivity index (χ2v) is 9.75. The number of nitrogens with zero attached hydrogens (tertiary/aromatic N) is 2. The number of carbonyl (C=O) groups excluding carboxylic acids is 1. The maximum Gasteiger partial charge on any atom is 0.422 e. The molecule has 6 nitrogen and oxygen atoms in total. The Morgan fingerprint density at radius 2 is 1.97 bits per heavy atom. The van der Waals surface area contributed by atoms with Gasteiger partial charge in [0.25, 0.3) is 0 Å². The van der Waals surface area contributed by atoms with Gasteiger partial charge < -0.3 is 15.0 Å². The van der Waals surface area contributed by atoms with Gasteiger partial charge in [-0.25, -0.2) is 0 Å². The van der Waals surface area contributed by atoms with Crippen molar-refractivity contribution >= 4 is 5.91 Å². The number of pyridine rings is 1. The van der Waals surface area contributed by atoms with Gasteiger partial charge in [0.1, 0.15) is 12.7 Å². The van der Waals surface area contributed by atoms with Crippen LogP contribution < -0.4 is 14.9 Å². The maximum atomic E-state index is 13.3. The number of carbonyl (C=O) groups is 1. The molecule has 9 heteroatoms. The minimum absolute atomic E-state index is 0.0631. The molecule has 3 heterocycles. The van der Waals surface area contributed by atoms with Crippen molar-refractivity contribution in [3.63, 3.8) is 0 Å². The molecule has 4 aliphatic rings. The summed E-state index contributed by atoms with van der Waals surface area (Å²) in [7, 11) is 1.36. The molecule has 4 atom stereocenters. The number of ether oxygens (including phenoxy) is 1. The van der Waals surface area contributed by atoms with E-state index in [-0.39, 0.29) is 18.4 Å². The van der Waals surface area contributed by atoms with E-state index < -0.39 is 11.7 Å². The van der Waals surface area contributed by atoms with Gasteiger partial charge in [0.05, 0.1) is 26.2 Å². The van der Waals surface area contributed by atoms with Crippen LogP contribution in [0.1, 0.15) is 48.9 Å². The number of aromatic nitrogens is 1. The maximum absolute atomic E-state index is 13.3. The van der Waals surface area contributed by atoms with Crippen LogP contribution in [0.15, 0.2) is 12.3 Å². The van der Waals surface area contributed by atoms with Crippen LogP contribution in [0, 0.1) is 17.8 Å². The van der Waals surface area contributed by atoms with Crippen LogP contribution in [0.2, 0.25) is 0 Å². The minimum atomic E-state index is -4.46. The molecule has 3 fully saturated rings. The van der Waals surface area contributed by atoms with Crippen molar-refractivity contribution in [1.82, 2.24) is 10.2 Å². The molecule has 1 amide bonds. The lowest BCUT2D eigenvalue weighted by molar-refractivity contribution is -0.891. The zero-order valence-electron chi connectivity index (χ0n) is 18.4. The molecule has 2 aliphatic heterocycles. The Morgan fingerprint density at radius 1 is 1.22 bits per heavy atom. The Balaban J connectivity index is 1.24. The molecule has 1 aromatic heterocycles. The van der Waals surface area contributed by atoms with Crippen LogP contribution >= 0.6 is 0 Å². The molecule has 5 rings (SSSR count). The summed E-state index contributed by atoms with van der Waals surface area (Å²) in [6, 6.07) is 1.99. The van der Waals surface area contributed by atoms with E-state index in [1.165, 1.54) is 24.7 Å².